The number of thiol groups is 1. The highest BCUT2D eigenvalue weighted by atomic mass is 79.9. The van der Waals surface area contributed by atoms with Crippen LogP contribution in [0.15, 0.2) is 33.6 Å². The molecule has 3 heteroatoms. The first-order valence-electron chi connectivity index (χ1n) is 2.23. The van der Waals surface area contributed by atoms with Crippen molar-refractivity contribution in [1.82, 2.24) is 0 Å². The Hall–Kier alpha value is 0.530. The Labute approximate surface area is 79.0 Å². The molecule has 1 aromatic rings. The molecule has 0 N–H and O–H groups in total. The van der Waals surface area contributed by atoms with Crippen LogP contribution in [0.4, 0.5) is 0 Å². The van der Waals surface area contributed by atoms with E-state index in [1.165, 1.54) is 0 Å². The van der Waals surface area contributed by atoms with E-state index < -0.39 is 0 Å². The first-order chi connectivity index (χ1) is 3.79. The maximum absolute atomic E-state index is 4.11. The smallest absolute Gasteiger partial charge is 0.0176 e. The maximum Gasteiger partial charge on any atom is 0.0176 e. The summed E-state index contributed by atoms with van der Waals surface area (Å²) in [6.45, 7) is 0. The standard InChI is InChI=1S/C6H5BrS.BrH/c7-5-1-3-6(8)4-2-5;/h1-4,8H;1H. The number of benzene rings is 1. The Morgan fingerprint density at radius 2 is 1.56 bits per heavy atom. The first-order valence-corrected chi connectivity index (χ1v) is 3.47. The molecule has 1 rings (SSSR count). The van der Waals surface area contributed by atoms with E-state index in [1.54, 1.807) is 0 Å². The molecule has 1 aromatic carbocycles. The van der Waals surface area contributed by atoms with Crippen LogP contribution in [0.2, 0.25) is 0 Å². The SMILES string of the molecule is Br.Sc1ccc(Br)cc1. The fourth-order valence-electron chi connectivity index (χ4n) is 0.441. The second-order valence-corrected chi connectivity index (χ2v) is 2.91. The number of rotatable bonds is 0. The molecule has 0 fully saturated rings. The second kappa shape index (κ2) is 4.36. The van der Waals surface area contributed by atoms with Crippen LogP contribution >= 0.6 is 45.5 Å². The lowest BCUT2D eigenvalue weighted by molar-refractivity contribution is 1.46. The van der Waals surface area contributed by atoms with Crippen molar-refractivity contribution >= 4 is 45.5 Å². The predicted molar refractivity (Wildman–Crippen MR) is 51.7 cm³/mol. The molecule has 0 saturated carbocycles. The molecule has 0 radical (unpaired) electrons. The molecule has 0 bridgehead atoms. The zero-order valence-electron chi connectivity index (χ0n) is 4.54. The van der Waals surface area contributed by atoms with Gasteiger partial charge in [-0.3, -0.25) is 0 Å². The van der Waals surface area contributed by atoms with Crippen LogP contribution in [-0.2, 0) is 0 Å². The van der Waals surface area contributed by atoms with Gasteiger partial charge in [0.25, 0.3) is 0 Å². The fraction of sp³-hybridized carbons (Fsp3) is 0. The summed E-state index contributed by atoms with van der Waals surface area (Å²) in [4.78, 5) is 0.994. The molecule has 0 amide bonds. The summed E-state index contributed by atoms with van der Waals surface area (Å²) in [6.07, 6.45) is 0. The zero-order valence-corrected chi connectivity index (χ0v) is 8.74. The van der Waals surface area contributed by atoms with E-state index in [-0.39, 0.29) is 17.0 Å². The third-order valence-corrected chi connectivity index (χ3v) is 1.65. The van der Waals surface area contributed by atoms with Crippen molar-refractivity contribution < 1.29 is 0 Å². The molecule has 0 aliphatic heterocycles. The molecular formula is C6H6Br2S. The van der Waals surface area contributed by atoms with E-state index in [9.17, 15) is 0 Å². The summed E-state index contributed by atoms with van der Waals surface area (Å²) in [6, 6.07) is 7.80. The lowest BCUT2D eigenvalue weighted by Crippen LogP contribution is -1.62. The molecule has 0 aromatic heterocycles. The third kappa shape index (κ3) is 3.28. The molecule has 0 atom stereocenters. The predicted octanol–water partition coefficient (Wildman–Crippen LogP) is 3.32. The fourth-order valence-corrected chi connectivity index (χ4v) is 0.854. The Bertz CT molecular complexity index is 150. The van der Waals surface area contributed by atoms with Crippen molar-refractivity contribution in [1.29, 1.82) is 0 Å². The summed E-state index contributed by atoms with van der Waals surface area (Å²) in [5.41, 5.74) is 0. The molecule has 0 nitrogen and oxygen atoms in total. The van der Waals surface area contributed by atoms with Gasteiger partial charge in [-0.25, -0.2) is 0 Å². The van der Waals surface area contributed by atoms with Crippen LogP contribution < -0.4 is 0 Å². The molecule has 0 aliphatic rings. The monoisotopic (exact) mass is 268 g/mol. The van der Waals surface area contributed by atoms with Gasteiger partial charge in [-0.1, -0.05) is 15.9 Å². The van der Waals surface area contributed by atoms with Crippen molar-refractivity contribution in [3.8, 4) is 0 Å². The van der Waals surface area contributed by atoms with Crippen LogP contribution in [-0.4, -0.2) is 0 Å². The summed E-state index contributed by atoms with van der Waals surface area (Å²) >= 11 is 7.42. The Morgan fingerprint density at radius 3 is 1.89 bits per heavy atom. The van der Waals surface area contributed by atoms with Crippen LogP contribution in [0.3, 0.4) is 0 Å². The average Bonchev–Trinajstić information content (AvgIpc) is 1.77. The van der Waals surface area contributed by atoms with Gasteiger partial charge in [0.2, 0.25) is 0 Å². The quantitative estimate of drug-likeness (QED) is 0.687. The Balaban J connectivity index is 0.000000640. The van der Waals surface area contributed by atoms with E-state index in [0.29, 0.717) is 0 Å². The lowest BCUT2D eigenvalue weighted by atomic mass is 10.4. The van der Waals surface area contributed by atoms with E-state index in [0.717, 1.165) is 9.37 Å². The van der Waals surface area contributed by atoms with Gasteiger partial charge in [-0.2, -0.15) is 0 Å². The molecule has 0 unspecified atom stereocenters. The van der Waals surface area contributed by atoms with E-state index >= 15 is 0 Å². The van der Waals surface area contributed by atoms with Crippen molar-refractivity contribution in [3.63, 3.8) is 0 Å². The highest BCUT2D eigenvalue weighted by Gasteiger charge is 1.82. The summed E-state index contributed by atoms with van der Waals surface area (Å²) < 4.78 is 1.09. The lowest BCUT2D eigenvalue weighted by Gasteiger charge is -1.87. The van der Waals surface area contributed by atoms with Gasteiger partial charge in [0.15, 0.2) is 0 Å². The molecule has 0 saturated heterocycles. The van der Waals surface area contributed by atoms with Crippen molar-refractivity contribution in [2.45, 2.75) is 4.90 Å². The van der Waals surface area contributed by atoms with E-state index in [1.807, 2.05) is 24.3 Å². The van der Waals surface area contributed by atoms with Gasteiger partial charge in [0.05, 0.1) is 0 Å². The molecule has 50 valence electrons. The highest BCUT2D eigenvalue weighted by Crippen LogP contribution is 2.11. The van der Waals surface area contributed by atoms with Gasteiger partial charge < -0.3 is 0 Å². The molecule has 0 aliphatic carbocycles. The summed E-state index contributed by atoms with van der Waals surface area (Å²) in [5.74, 6) is 0. The summed E-state index contributed by atoms with van der Waals surface area (Å²) in [5, 5.41) is 0. The van der Waals surface area contributed by atoms with E-state index in [2.05, 4.69) is 28.6 Å². The zero-order chi connectivity index (χ0) is 5.98. The van der Waals surface area contributed by atoms with Crippen LogP contribution in [0.1, 0.15) is 0 Å². The van der Waals surface area contributed by atoms with Crippen molar-refractivity contribution in [3.05, 3.63) is 28.7 Å². The number of hydrogen-bond donors (Lipinski definition) is 1. The third-order valence-electron chi connectivity index (χ3n) is 0.827. The normalized spacial score (nSPS) is 8.22. The van der Waals surface area contributed by atoms with Gasteiger partial charge in [0, 0.05) is 9.37 Å². The van der Waals surface area contributed by atoms with Crippen molar-refractivity contribution in [2.75, 3.05) is 0 Å². The van der Waals surface area contributed by atoms with Crippen LogP contribution in [0, 0.1) is 0 Å². The Kier molecular flexibility index (Phi) is 4.62. The average molecular weight is 270 g/mol. The van der Waals surface area contributed by atoms with Gasteiger partial charge in [-0.05, 0) is 24.3 Å². The molecular weight excluding hydrogens is 264 g/mol. The van der Waals surface area contributed by atoms with Crippen molar-refractivity contribution in [2.24, 2.45) is 0 Å². The van der Waals surface area contributed by atoms with Crippen LogP contribution in [0.5, 0.6) is 0 Å². The largest absolute Gasteiger partial charge is 0.143 e. The van der Waals surface area contributed by atoms with Gasteiger partial charge in [-0.15, -0.1) is 29.6 Å². The van der Waals surface area contributed by atoms with Crippen LogP contribution in [0.25, 0.3) is 0 Å². The van der Waals surface area contributed by atoms with Gasteiger partial charge >= 0.3 is 0 Å². The molecule has 0 spiro atoms. The summed E-state index contributed by atoms with van der Waals surface area (Å²) in [7, 11) is 0. The Morgan fingerprint density at radius 1 is 1.11 bits per heavy atom. The highest BCUT2D eigenvalue weighted by molar-refractivity contribution is 9.10. The minimum atomic E-state index is 0. The maximum atomic E-state index is 4.11. The van der Waals surface area contributed by atoms with Gasteiger partial charge in [0.1, 0.15) is 0 Å². The minimum absolute atomic E-state index is 0. The topological polar surface area (TPSA) is 0 Å². The first kappa shape index (κ1) is 9.53. The molecule has 0 heterocycles. The van der Waals surface area contributed by atoms with E-state index in [4.69, 9.17) is 0 Å². The molecule has 9 heavy (non-hydrogen) atoms. The minimum Gasteiger partial charge on any atom is -0.143 e. The second-order valence-electron chi connectivity index (χ2n) is 1.48. The number of hydrogen-bond acceptors (Lipinski definition) is 1. The number of halogens is 2.